The molecule has 0 saturated carbocycles. The number of aromatic nitrogens is 1. The van der Waals surface area contributed by atoms with E-state index in [1.807, 2.05) is 36.2 Å². The number of halogens is 1. The summed E-state index contributed by atoms with van der Waals surface area (Å²) in [6.07, 6.45) is 6.04. The summed E-state index contributed by atoms with van der Waals surface area (Å²) in [6.45, 7) is 7.49. The van der Waals surface area contributed by atoms with E-state index in [9.17, 15) is 9.59 Å². The maximum absolute atomic E-state index is 13.5. The number of carbonyl (C=O) groups excluding carboxylic acids is 2. The molecule has 2 aromatic heterocycles. The average molecular weight is 559 g/mol. The summed E-state index contributed by atoms with van der Waals surface area (Å²) in [7, 11) is 0. The number of nitrogens with zero attached hydrogens (tertiary/aromatic N) is 3. The predicted octanol–water partition coefficient (Wildman–Crippen LogP) is 5.59. The number of benzene rings is 1. The van der Waals surface area contributed by atoms with Gasteiger partial charge in [0.15, 0.2) is 5.76 Å². The number of ether oxygens (including phenoxy) is 1. The highest BCUT2D eigenvalue weighted by molar-refractivity contribution is 9.10. The lowest BCUT2D eigenvalue weighted by atomic mass is 10.2. The molecule has 3 rings (SSSR count). The molecular weight excluding hydrogens is 522 g/mol. The molecule has 0 saturated heterocycles. The Kier molecular flexibility index (Phi) is 11.3. The Bertz CT molecular complexity index is 1060. The van der Waals surface area contributed by atoms with Crippen molar-refractivity contribution in [3.8, 4) is 0 Å². The third-order valence-electron chi connectivity index (χ3n) is 5.94. The lowest BCUT2D eigenvalue weighted by Gasteiger charge is -2.28. The van der Waals surface area contributed by atoms with Gasteiger partial charge in [-0.05, 0) is 61.7 Å². The van der Waals surface area contributed by atoms with Gasteiger partial charge in [0, 0.05) is 49.2 Å². The van der Waals surface area contributed by atoms with E-state index in [1.165, 1.54) is 11.8 Å². The van der Waals surface area contributed by atoms with Crippen molar-refractivity contribution in [1.82, 2.24) is 14.4 Å². The lowest BCUT2D eigenvalue weighted by molar-refractivity contribution is -0.132. The van der Waals surface area contributed by atoms with E-state index in [2.05, 4.69) is 45.6 Å². The van der Waals surface area contributed by atoms with E-state index in [1.54, 1.807) is 17.0 Å². The first-order valence-electron chi connectivity index (χ1n) is 12.6. The average Bonchev–Trinajstić information content (AvgIpc) is 3.57. The quantitative estimate of drug-likeness (QED) is 0.228. The monoisotopic (exact) mass is 557 g/mol. The Hall–Kier alpha value is -2.84. The van der Waals surface area contributed by atoms with Gasteiger partial charge in [-0.1, -0.05) is 41.4 Å². The minimum atomic E-state index is -0.279. The van der Waals surface area contributed by atoms with E-state index < -0.39 is 0 Å². The standard InChI is InChI=1S/C28H36BrN3O4/c1-3-5-15-31(21-25-9-6-16-30(25)20-23-11-13-24(29)14-12-23)27(33)22-32(17-8-18-35-4-2)28(34)26-10-7-19-36-26/h6-7,9-14,16,19H,3-5,8,15,17-18,20-22H2,1-2H3. The molecule has 3 aromatic rings. The second-order valence-corrected chi connectivity index (χ2v) is 9.59. The van der Waals surface area contributed by atoms with E-state index in [-0.39, 0.29) is 24.1 Å². The molecule has 8 heteroatoms. The Balaban J connectivity index is 1.72. The molecule has 0 aliphatic carbocycles. The maximum atomic E-state index is 13.5. The molecule has 0 atom stereocenters. The van der Waals surface area contributed by atoms with Crippen LogP contribution in [-0.2, 0) is 22.6 Å². The molecule has 0 unspecified atom stereocenters. The van der Waals surface area contributed by atoms with Gasteiger partial charge in [0.2, 0.25) is 5.91 Å². The van der Waals surface area contributed by atoms with Gasteiger partial charge >= 0.3 is 0 Å². The molecular formula is C28H36BrN3O4. The number of furan rings is 1. The molecule has 0 aliphatic rings. The summed E-state index contributed by atoms with van der Waals surface area (Å²) in [4.78, 5) is 30.0. The van der Waals surface area contributed by atoms with Crippen LogP contribution in [0.3, 0.4) is 0 Å². The van der Waals surface area contributed by atoms with E-state index >= 15 is 0 Å². The van der Waals surface area contributed by atoms with Crippen LogP contribution in [0.2, 0.25) is 0 Å². The number of unbranched alkanes of at least 4 members (excludes halogenated alkanes) is 1. The summed E-state index contributed by atoms with van der Waals surface area (Å²) in [5, 5.41) is 0. The van der Waals surface area contributed by atoms with Crippen LogP contribution < -0.4 is 0 Å². The molecule has 0 radical (unpaired) electrons. The Morgan fingerprint density at radius 1 is 1.00 bits per heavy atom. The van der Waals surface area contributed by atoms with E-state index in [0.29, 0.717) is 39.3 Å². The molecule has 2 amide bonds. The molecule has 36 heavy (non-hydrogen) atoms. The summed E-state index contributed by atoms with van der Waals surface area (Å²) >= 11 is 3.48. The van der Waals surface area contributed by atoms with Crippen LogP contribution in [0.25, 0.3) is 0 Å². The second-order valence-electron chi connectivity index (χ2n) is 8.68. The third kappa shape index (κ3) is 8.38. The van der Waals surface area contributed by atoms with Crippen LogP contribution in [0.5, 0.6) is 0 Å². The van der Waals surface area contributed by atoms with Gasteiger partial charge in [-0.15, -0.1) is 0 Å². The van der Waals surface area contributed by atoms with Crippen LogP contribution in [0.15, 0.2) is 69.9 Å². The van der Waals surface area contributed by atoms with Gasteiger partial charge in [0.1, 0.15) is 6.54 Å². The molecule has 1 aromatic carbocycles. The first kappa shape index (κ1) is 27.7. The number of hydrogen-bond donors (Lipinski definition) is 0. The zero-order chi connectivity index (χ0) is 25.8. The predicted molar refractivity (Wildman–Crippen MR) is 144 cm³/mol. The minimum absolute atomic E-state index is 0.00277. The minimum Gasteiger partial charge on any atom is -0.459 e. The van der Waals surface area contributed by atoms with Crippen molar-refractivity contribution in [3.63, 3.8) is 0 Å². The number of carbonyl (C=O) groups is 2. The Morgan fingerprint density at radius 3 is 2.47 bits per heavy atom. The van der Waals surface area contributed by atoms with Crippen LogP contribution in [0, 0.1) is 0 Å². The largest absolute Gasteiger partial charge is 0.459 e. The zero-order valence-electron chi connectivity index (χ0n) is 21.2. The maximum Gasteiger partial charge on any atom is 0.290 e. The van der Waals surface area contributed by atoms with Crippen LogP contribution in [0.1, 0.15) is 54.9 Å². The van der Waals surface area contributed by atoms with Crippen molar-refractivity contribution >= 4 is 27.7 Å². The molecule has 194 valence electrons. The van der Waals surface area contributed by atoms with Gasteiger partial charge in [-0.25, -0.2) is 0 Å². The Labute approximate surface area is 222 Å². The van der Waals surface area contributed by atoms with Gasteiger partial charge in [-0.2, -0.15) is 0 Å². The Morgan fingerprint density at radius 2 is 1.78 bits per heavy atom. The molecule has 0 aliphatic heterocycles. The smallest absolute Gasteiger partial charge is 0.290 e. The number of hydrogen-bond acceptors (Lipinski definition) is 4. The first-order valence-corrected chi connectivity index (χ1v) is 13.4. The lowest BCUT2D eigenvalue weighted by Crippen LogP contribution is -2.43. The van der Waals surface area contributed by atoms with Crippen LogP contribution >= 0.6 is 15.9 Å². The van der Waals surface area contributed by atoms with Gasteiger partial charge in [-0.3, -0.25) is 9.59 Å². The van der Waals surface area contributed by atoms with Crippen molar-refractivity contribution in [2.24, 2.45) is 0 Å². The summed E-state index contributed by atoms with van der Waals surface area (Å²) in [5.74, 6) is -0.113. The van der Waals surface area contributed by atoms with Gasteiger partial charge in [0.25, 0.3) is 5.91 Å². The fourth-order valence-corrected chi connectivity index (χ4v) is 4.21. The molecule has 0 bridgehead atoms. The molecule has 0 N–H and O–H groups in total. The van der Waals surface area contributed by atoms with Gasteiger partial charge < -0.3 is 23.5 Å². The van der Waals surface area contributed by atoms with Crippen molar-refractivity contribution in [1.29, 1.82) is 0 Å². The normalized spacial score (nSPS) is 11.0. The molecule has 7 nitrogen and oxygen atoms in total. The summed E-state index contributed by atoms with van der Waals surface area (Å²) < 4.78 is 14.0. The molecule has 0 spiro atoms. The van der Waals surface area contributed by atoms with Crippen molar-refractivity contribution in [2.45, 2.75) is 46.2 Å². The molecule has 0 fully saturated rings. The summed E-state index contributed by atoms with van der Waals surface area (Å²) in [5.41, 5.74) is 2.24. The van der Waals surface area contributed by atoms with Crippen LogP contribution in [0.4, 0.5) is 0 Å². The number of rotatable bonds is 15. The topological polar surface area (TPSA) is 67.9 Å². The second kappa shape index (κ2) is 14.7. The highest BCUT2D eigenvalue weighted by Crippen LogP contribution is 2.15. The van der Waals surface area contributed by atoms with Gasteiger partial charge in [0.05, 0.1) is 12.8 Å². The van der Waals surface area contributed by atoms with Crippen molar-refractivity contribution in [3.05, 3.63) is 82.5 Å². The summed E-state index contributed by atoms with van der Waals surface area (Å²) in [6, 6.07) is 15.6. The van der Waals surface area contributed by atoms with Crippen molar-refractivity contribution in [2.75, 3.05) is 32.8 Å². The first-order chi connectivity index (χ1) is 17.5. The van der Waals surface area contributed by atoms with E-state index in [4.69, 9.17) is 9.15 Å². The highest BCUT2D eigenvalue weighted by Gasteiger charge is 2.24. The third-order valence-corrected chi connectivity index (χ3v) is 6.47. The number of amides is 2. The van der Waals surface area contributed by atoms with Crippen molar-refractivity contribution < 1.29 is 18.7 Å². The highest BCUT2D eigenvalue weighted by atomic mass is 79.9. The fourth-order valence-electron chi connectivity index (χ4n) is 3.94. The van der Waals surface area contributed by atoms with E-state index in [0.717, 1.165) is 29.6 Å². The van der Waals surface area contributed by atoms with Crippen LogP contribution in [-0.4, -0.2) is 59.0 Å². The molecule has 2 heterocycles. The SMILES string of the molecule is CCCCN(Cc1cccn1Cc1ccc(Br)cc1)C(=O)CN(CCCOCC)C(=O)c1ccco1. The fraction of sp³-hybridized carbons (Fsp3) is 0.429. The zero-order valence-corrected chi connectivity index (χ0v) is 22.8.